The highest BCUT2D eigenvalue weighted by atomic mass is 16.6. The van der Waals surface area contributed by atoms with Crippen LogP contribution in [-0.4, -0.2) is 134 Å². The maximum Gasteiger partial charge on any atom is 0.344 e. The SMILES string of the molecule is CC[C@@]12CN3CCc4c([nH]c5ccccc45)[C@@](C(=O)OC)(c4cc5c(cc4OC)N(C)[C@H]4[C@@](O)(C(=O)OC)[C@H](OC(C)=O)[C@]6(CC)C=CCN7CC[C@]54[C@@H]76)C[C@H](C3)C1O2. The van der Waals surface area contributed by atoms with Gasteiger partial charge in [0, 0.05) is 96.9 Å². The van der Waals surface area contributed by atoms with Gasteiger partial charge in [-0.15, -0.1) is 0 Å². The molecule has 4 fully saturated rings. The van der Waals surface area contributed by atoms with E-state index in [9.17, 15) is 14.7 Å². The summed E-state index contributed by atoms with van der Waals surface area (Å²) >= 11 is 0. The molecule has 7 heterocycles. The number of methoxy groups -OCH3 is 3. The normalized spacial score (nSPS) is 38.7. The predicted octanol–water partition coefficient (Wildman–Crippen LogP) is 4.01. The summed E-state index contributed by atoms with van der Waals surface area (Å²) in [6.45, 7) is 9.32. The standard InChI is InChI=1S/C46H56N4O9/c1-8-42-16-12-18-50-20-17-44(37(42)50)30-21-31(34(55-5)22-33(30)48(4)38(44)46(54,41(53)57-7)39(42)58-26(3)51)45(40(52)56-6)23-27-24-49(25-43(9-2)36(27)59-43)19-15-29-28-13-10-11-14-32(28)47-35(29)45/h10-14,16,21-22,27,36-39,47,54H,8-9,15,17-20,23-25H2,1-7H3/t27-,36?,37+,38-,39-,42-,43-,44-,45+,46+/m1/s1. The molecule has 2 aromatic carbocycles. The Morgan fingerprint density at radius 2 is 1.78 bits per heavy atom. The summed E-state index contributed by atoms with van der Waals surface area (Å²) in [5.41, 5.74) is -0.627. The second-order valence-corrected chi connectivity index (χ2v) is 18.3. The fraction of sp³-hybridized carbons (Fsp3) is 0.587. The number of benzene rings is 2. The van der Waals surface area contributed by atoms with Gasteiger partial charge >= 0.3 is 17.9 Å². The lowest BCUT2D eigenvalue weighted by atomic mass is 9.47. The number of hydrogen-bond donors (Lipinski definition) is 2. The van der Waals surface area contributed by atoms with E-state index in [4.69, 9.17) is 23.7 Å². The zero-order chi connectivity index (χ0) is 41.4. The summed E-state index contributed by atoms with van der Waals surface area (Å²) < 4.78 is 30.7. The number of ether oxygens (including phenoxy) is 5. The van der Waals surface area contributed by atoms with Crippen LogP contribution in [0.25, 0.3) is 10.9 Å². The monoisotopic (exact) mass is 808 g/mol. The molecule has 0 amide bonds. The zero-order valence-corrected chi connectivity index (χ0v) is 35.1. The number of piperidine rings is 1. The zero-order valence-electron chi connectivity index (χ0n) is 35.1. The summed E-state index contributed by atoms with van der Waals surface area (Å²) in [7, 11) is 6.23. The van der Waals surface area contributed by atoms with Gasteiger partial charge in [-0.05, 0) is 61.9 Å². The largest absolute Gasteiger partial charge is 0.496 e. The smallest absolute Gasteiger partial charge is 0.344 e. The van der Waals surface area contributed by atoms with Crippen molar-refractivity contribution in [2.24, 2.45) is 11.3 Å². The third kappa shape index (κ3) is 4.73. The van der Waals surface area contributed by atoms with Crippen molar-refractivity contribution in [3.63, 3.8) is 0 Å². The fourth-order valence-electron chi connectivity index (χ4n) is 13.9. The number of H-pyrrole nitrogens is 1. The number of rotatable bonds is 7. The van der Waals surface area contributed by atoms with E-state index in [1.165, 1.54) is 21.1 Å². The molecule has 2 bridgehead atoms. The Bertz CT molecular complexity index is 2310. The van der Waals surface area contributed by atoms with Crippen LogP contribution in [0, 0.1) is 11.3 Å². The van der Waals surface area contributed by atoms with Crippen LogP contribution < -0.4 is 9.64 Å². The van der Waals surface area contributed by atoms with Crippen LogP contribution >= 0.6 is 0 Å². The molecule has 314 valence electrons. The molecule has 0 radical (unpaired) electrons. The molecule has 10 rings (SSSR count). The number of esters is 3. The van der Waals surface area contributed by atoms with Crippen molar-refractivity contribution in [2.75, 3.05) is 66.0 Å². The van der Waals surface area contributed by atoms with Gasteiger partial charge in [0.25, 0.3) is 0 Å². The van der Waals surface area contributed by atoms with Gasteiger partial charge in [-0.3, -0.25) is 19.4 Å². The Balaban J connectivity index is 1.28. The number of carbonyl (C=O) groups excluding carboxylic acids is 3. The highest BCUT2D eigenvalue weighted by molar-refractivity contribution is 5.95. The van der Waals surface area contributed by atoms with E-state index >= 15 is 4.79 Å². The van der Waals surface area contributed by atoms with Crippen molar-refractivity contribution in [3.8, 4) is 5.75 Å². The minimum absolute atomic E-state index is 0.00603. The van der Waals surface area contributed by atoms with Gasteiger partial charge in [0.2, 0.25) is 5.60 Å². The van der Waals surface area contributed by atoms with Gasteiger partial charge in [0.05, 0.1) is 33.5 Å². The summed E-state index contributed by atoms with van der Waals surface area (Å²) in [5.74, 6) is -1.37. The van der Waals surface area contributed by atoms with Crippen LogP contribution in [-0.2, 0) is 50.6 Å². The Morgan fingerprint density at radius 1 is 1.00 bits per heavy atom. The van der Waals surface area contributed by atoms with Crippen LogP contribution in [0.4, 0.5) is 5.69 Å². The second-order valence-electron chi connectivity index (χ2n) is 18.3. The first-order valence-corrected chi connectivity index (χ1v) is 21.3. The van der Waals surface area contributed by atoms with E-state index in [1.54, 1.807) is 7.11 Å². The minimum Gasteiger partial charge on any atom is -0.496 e. The maximum absolute atomic E-state index is 15.4. The molecule has 2 unspecified atom stereocenters. The van der Waals surface area contributed by atoms with Crippen molar-refractivity contribution in [3.05, 3.63) is 70.9 Å². The van der Waals surface area contributed by atoms with Crippen LogP contribution in [0.2, 0.25) is 0 Å². The van der Waals surface area contributed by atoms with E-state index in [-0.39, 0.29) is 23.7 Å². The van der Waals surface area contributed by atoms with Crippen LogP contribution in [0.3, 0.4) is 0 Å². The third-order valence-electron chi connectivity index (χ3n) is 16.0. The molecule has 1 aromatic heterocycles. The van der Waals surface area contributed by atoms with Gasteiger partial charge < -0.3 is 38.7 Å². The molecule has 3 aromatic rings. The molecule has 2 N–H and O–H groups in total. The fourth-order valence-corrected chi connectivity index (χ4v) is 13.9. The predicted molar refractivity (Wildman–Crippen MR) is 218 cm³/mol. The van der Waals surface area contributed by atoms with Crippen LogP contribution in [0.15, 0.2) is 48.6 Å². The molecule has 11 atom stereocenters. The van der Waals surface area contributed by atoms with E-state index in [2.05, 4.69) is 52.1 Å². The van der Waals surface area contributed by atoms with E-state index in [1.807, 2.05) is 37.1 Å². The highest BCUT2D eigenvalue weighted by Crippen LogP contribution is 2.68. The quantitative estimate of drug-likeness (QED) is 0.154. The van der Waals surface area contributed by atoms with Gasteiger partial charge in [-0.25, -0.2) is 4.79 Å². The molecular formula is C46H56N4O9. The summed E-state index contributed by atoms with van der Waals surface area (Å²) in [5, 5.41) is 14.4. The number of para-hydroxylation sites is 1. The number of epoxide rings is 1. The van der Waals surface area contributed by atoms with Crippen LogP contribution in [0.5, 0.6) is 5.75 Å². The number of aromatic nitrogens is 1. The minimum atomic E-state index is -2.29. The van der Waals surface area contributed by atoms with E-state index in [0.717, 1.165) is 59.5 Å². The Hall–Kier alpha value is -4.43. The van der Waals surface area contributed by atoms with E-state index in [0.29, 0.717) is 50.1 Å². The Labute approximate surface area is 344 Å². The summed E-state index contributed by atoms with van der Waals surface area (Å²) in [4.78, 5) is 53.5. The van der Waals surface area contributed by atoms with Crippen molar-refractivity contribution in [1.82, 2.24) is 14.8 Å². The van der Waals surface area contributed by atoms with Crippen molar-refractivity contribution >= 4 is 34.5 Å². The number of fused-ring (bicyclic) bond motifs is 8. The molecule has 1 aliphatic carbocycles. The third-order valence-corrected chi connectivity index (χ3v) is 16.0. The molecule has 13 nitrogen and oxygen atoms in total. The average Bonchev–Trinajstić information content (AvgIpc) is 3.53. The lowest BCUT2D eigenvalue weighted by molar-refractivity contribution is -0.228. The second kappa shape index (κ2) is 13.0. The number of aromatic amines is 1. The van der Waals surface area contributed by atoms with Gasteiger partial charge in [0.15, 0.2) is 6.10 Å². The number of likely N-dealkylation sites (N-methyl/N-ethyl adjacent to an activating group) is 1. The first-order valence-electron chi connectivity index (χ1n) is 21.3. The van der Waals surface area contributed by atoms with Gasteiger partial charge in [-0.1, -0.05) is 44.2 Å². The number of aliphatic hydroxyl groups is 1. The van der Waals surface area contributed by atoms with Gasteiger partial charge in [-0.2, -0.15) is 0 Å². The number of carbonyl (C=O) groups is 3. The van der Waals surface area contributed by atoms with Crippen molar-refractivity contribution in [1.29, 1.82) is 0 Å². The van der Waals surface area contributed by atoms with E-state index < -0.39 is 51.9 Å². The topological polar surface area (TPSA) is 146 Å². The lowest BCUT2D eigenvalue weighted by Crippen LogP contribution is -2.81. The lowest BCUT2D eigenvalue weighted by Gasteiger charge is -2.63. The summed E-state index contributed by atoms with van der Waals surface area (Å²) in [6, 6.07) is 11.2. The molecule has 13 heteroatoms. The Kier molecular flexibility index (Phi) is 8.56. The molecule has 1 spiro atoms. The van der Waals surface area contributed by atoms with Crippen molar-refractivity contribution < 1.29 is 43.2 Å². The number of hydrogen-bond acceptors (Lipinski definition) is 12. The number of nitrogens with one attached hydrogen (secondary N) is 1. The number of anilines is 1. The van der Waals surface area contributed by atoms with Gasteiger partial charge in [0.1, 0.15) is 16.8 Å². The first-order chi connectivity index (χ1) is 28.3. The average molecular weight is 809 g/mol. The molecule has 6 aliphatic heterocycles. The molecule has 59 heavy (non-hydrogen) atoms. The number of nitrogens with zero attached hydrogens (tertiary/aromatic N) is 3. The highest BCUT2D eigenvalue weighted by Gasteiger charge is 2.80. The van der Waals surface area contributed by atoms with Crippen LogP contribution in [0.1, 0.15) is 68.8 Å². The molecule has 7 aliphatic rings. The maximum atomic E-state index is 15.4. The first kappa shape index (κ1) is 38.8. The van der Waals surface area contributed by atoms with Crippen molar-refractivity contribution in [2.45, 2.75) is 99.2 Å². The molecular weight excluding hydrogens is 753 g/mol. The molecule has 3 saturated heterocycles. The molecule has 1 saturated carbocycles. The summed E-state index contributed by atoms with van der Waals surface area (Å²) in [6.07, 6.45) is 5.94. The Morgan fingerprint density at radius 3 is 2.49 bits per heavy atom.